The van der Waals surface area contributed by atoms with Crippen molar-refractivity contribution in [2.45, 2.75) is 26.2 Å². The molecule has 0 aliphatic rings. The second kappa shape index (κ2) is 11.4. The summed E-state index contributed by atoms with van der Waals surface area (Å²) in [7, 11) is 0. The molecule has 0 fully saturated rings. The van der Waals surface area contributed by atoms with Crippen molar-refractivity contribution >= 4 is 0 Å². The molecule has 0 aliphatic carbocycles. The van der Waals surface area contributed by atoms with Crippen LogP contribution in [0, 0.1) is 0 Å². The van der Waals surface area contributed by atoms with Crippen LogP contribution >= 0.6 is 0 Å². The normalized spacial score (nSPS) is 10.9. The Morgan fingerprint density at radius 3 is 0.938 bits per heavy atom. The van der Waals surface area contributed by atoms with Crippen LogP contribution in [0.3, 0.4) is 0 Å². The first-order chi connectivity index (χ1) is 15.8. The summed E-state index contributed by atoms with van der Waals surface area (Å²) in [6.07, 6.45) is 11.5. The van der Waals surface area contributed by atoms with E-state index in [0.717, 1.165) is 22.8 Å². The van der Waals surface area contributed by atoms with Crippen LogP contribution < -0.4 is 0 Å². The van der Waals surface area contributed by atoms with Gasteiger partial charge < -0.3 is 9.80 Å². The molecule has 4 heterocycles. The lowest BCUT2D eigenvalue weighted by molar-refractivity contribution is 0.316. The summed E-state index contributed by atoms with van der Waals surface area (Å²) in [4.78, 5) is 22.4. The van der Waals surface area contributed by atoms with E-state index in [2.05, 4.69) is 42.1 Å². The van der Waals surface area contributed by atoms with Gasteiger partial charge in [-0.3, -0.25) is 19.9 Å². The first-order valence-electron chi connectivity index (χ1n) is 10.6. The van der Waals surface area contributed by atoms with Crippen LogP contribution in [0.2, 0.25) is 0 Å². The lowest BCUT2D eigenvalue weighted by Gasteiger charge is -2.24. The average Bonchev–Trinajstić information content (AvgIpc) is 2.85. The smallest absolute Gasteiger partial charge is 0.0601 e. The first kappa shape index (κ1) is 21.2. The summed E-state index contributed by atoms with van der Waals surface area (Å²) in [5, 5.41) is 0. The van der Waals surface area contributed by atoms with Crippen molar-refractivity contribution in [3.8, 4) is 0 Å². The van der Waals surface area contributed by atoms with Gasteiger partial charge in [-0.25, -0.2) is 0 Å². The Morgan fingerprint density at radius 2 is 0.719 bits per heavy atom. The third-order valence-corrected chi connectivity index (χ3v) is 4.85. The fourth-order valence-corrected chi connectivity index (χ4v) is 3.31. The van der Waals surface area contributed by atoms with Crippen molar-refractivity contribution in [3.05, 3.63) is 133 Å². The largest absolute Gasteiger partial charge is 0.364 e. The van der Waals surface area contributed by atoms with Crippen molar-refractivity contribution in [1.29, 1.82) is 0 Å². The van der Waals surface area contributed by atoms with Gasteiger partial charge >= 0.3 is 0 Å². The van der Waals surface area contributed by atoms with E-state index >= 15 is 0 Å². The molecule has 0 bridgehead atoms. The van der Waals surface area contributed by atoms with Crippen LogP contribution in [0.5, 0.6) is 0 Å². The van der Waals surface area contributed by atoms with E-state index in [4.69, 9.17) is 0 Å². The van der Waals surface area contributed by atoms with E-state index in [1.807, 2.05) is 97.6 Å². The molecule has 0 spiro atoms. The van der Waals surface area contributed by atoms with Crippen molar-refractivity contribution in [2.24, 2.45) is 0 Å². The summed E-state index contributed by atoms with van der Waals surface area (Å²) in [5.74, 6) is 0. The summed E-state index contributed by atoms with van der Waals surface area (Å²) in [5.41, 5.74) is 4.03. The molecule has 6 heteroatoms. The lowest BCUT2D eigenvalue weighted by atomic mass is 10.3. The van der Waals surface area contributed by atoms with Gasteiger partial charge in [-0.15, -0.1) is 0 Å². The fourth-order valence-electron chi connectivity index (χ4n) is 3.31. The SMILES string of the molecule is C(=CN(Cc1ccccn1)Cc1ccccn1)N(Cc1ccccn1)Cc1ccccn1. The lowest BCUT2D eigenvalue weighted by Crippen LogP contribution is -2.22. The predicted octanol–water partition coefficient (Wildman–Crippen LogP) is 4.44. The number of hydrogen-bond donors (Lipinski definition) is 0. The van der Waals surface area contributed by atoms with E-state index in [-0.39, 0.29) is 0 Å². The monoisotopic (exact) mass is 422 g/mol. The molecule has 160 valence electrons. The Morgan fingerprint density at radius 1 is 0.438 bits per heavy atom. The second-order valence-electron chi connectivity index (χ2n) is 7.39. The molecular weight excluding hydrogens is 396 g/mol. The molecule has 4 rings (SSSR count). The van der Waals surface area contributed by atoms with Gasteiger partial charge in [-0.05, 0) is 48.5 Å². The number of pyridine rings is 4. The van der Waals surface area contributed by atoms with Crippen molar-refractivity contribution in [1.82, 2.24) is 29.7 Å². The van der Waals surface area contributed by atoms with Crippen LogP contribution in [0.25, 0.3) is 0 Å². The standard InChI is InChI=1S/C26H26N6/c1-5-13-27-23(9-1)19-31(20-24-10-2-6-14-28-24)17-18-32(21-25-11-3-7-15-29-25)22-26-12-4-8-16-30-26/h1-18H,19-22H2. The van der Waals surface area contributed by atoms with Crippen LogP contribution in [0.15, 0.2) is 110 Å². The van der Waals surface area contributed by atoms with E-state index < -0.39 is 0 Å². The third-order valence-electron chi connectivity index (χ3n) is 4.85. The Kier molecular flexibility index (Phi) is 7.52. The van der Waals surface area contributed by atoms with Crippen LogP contribution in [-0.4, -0.2) is 29.7 Å². The minimum Gasteiger partial charge on any atom is -0.364 e. The summed E-state index contributed by atoms with van der Waals surface area (Å²) >= 11 is 0. The Labute approximate surface area is 189 Å². The predicted molar refractivity (Wildman–Crippen MR) is 125 cm³/mol. The summed E-state index contributed by atoms with van der Waals surface area (Å²) in [6.45, 7) is 2.76. The zero-order chi connectivity index (χ0) is 21.8. The van der Waals surface area contributed by atoms with Crippen molar-refractivity contribution in [2.75, 3.05) is 0 Å². The molecule has 32 heavy (non-hydrogen) atoms. The van der Waals surface area contributed by atoms with Crippen molar-refractivity contribution in [3.63, 3.8) is 0 Å². The molecule has 0 aliphatic heterocycles. The highest BCUT2D eigenvalue weighted by atomic mass is 15.2. The number of nitrogens with zero attached hydrogens (tertiary/aromatic N) is 6. The highest BCUT2D eigenvalue weighted by Gasteiger charge is 2.08. The summed E-state index contributed by atoms with van der Waals surface area (Å²) in [6, 6.07) is 24.0. The van der Waals surface area contributed by atoms with Gasteiger partial charge in [0, 0.05) is 37.2 Å². The molecule has 0 atom stereocenters. The molecule has 0 unspecified atom stereocenters. The van der Waals surface area contributed by atoms with Gasteiger partial charge in [-0.2, -0.15) is 0 Å². The van der Waals surface area contributed by atoms with E-state index in [1.54, 1.807) is 0 Å². The number of aromatic nitrogens is 4. The van der Waals surface area contributed by atoms with Crippen LogP contribution in [-0.2, 0) is 26.2 Å². The highest BCUT2D eigenvalue weighted by molar-refractivity contribution is 5.10. The molecule has 6 nitrogen and oxygen atoms in total. The third kappa shape index (κ3) is 6.74. The van der Waals surface area contributed by atoms with E-state index in [1.165, 1.54) is 0 Å². The maximum Gasteiger partial charge on any atom is 0.0601 e. The van der Waals surface area contributed by atoms with E-state index in [9.17, 15) is 0 Å². The van der Waals surface area contributed by atoms with Gasteiger partial charge in [0.15, 0.2) is 0 Å². The second-order valence-corrected chi connectivity index (χ2v) is 7.39. The molecule has 4 aromatic heterocycles. The van der Waals surface area contributed by atoms with Crippen LogP contribution in [0.1, 0.15) is 22.8 Å². The number of hydrogen-bond acceptors (Lipinski definition) is 6. The van der Waals surface area contributed by atoms with Gasteiger partial charge in [0.05, 0.1) is 49.0 Å². The molecule has 4 aromatic rings. The van der Waals surface area contributed by atoms with Gasteiger partial charge in [0.2, 0.25) is 0 Å². The molecule has 0 aromatic carbocycles. The highest BCUT2D eigenvalue weighted by Crippen LogP contribution is 2.11. The molecule has 0 saturated heterocycles. The maximum atomic E-state index is 4.49. The van der Waals surface area contributed by atoms with Crippen LogP contribution in [0.4, 0.5) is 0 Å². The Balaban J connectivity index is 1.54. The minimum atomic E-state index is 0.689. The van der Waals surface area contributed by atoms with Crippen molar-refractivity contribution < 1.29 is 0 Å². The number of rotatable bonds is 10. The molecule has 0 saturated carbocycles. The van der Waals surface area contributed by atoms with Gasteiger partial charge in [0.1, 0.15) is 0 Å². The molecule has 0 radical (unpaired) electrons. The average molecular weight is 423 g/mol. The topological polar surface area (TPSA) is 58.0 Å². The fraction of sp³-hybridized carbons (Fsp3) is 0.154. The summed E-state index contributed by atoms with van der Waals surface area (Å²) < 4.78 is 0. The quantitative estimate of drug-likeness (QED) is 0.377. The van der Waals surface area contributed by atoms with E-state index in [0.29, 0.717) is 26.2 Å². The first-order valence-corrected chi connectivity index (χ1v) is 10.6. The maximum absolute atomic E-state index is 4.49. The Hall–Kier alpha value is -4.06. The zero-order valence-corrected chi connectivity index (χ0v) is 17.9. The molecular formula is C26H26N6. The molecule has 0 amide bonds. The Bertz CT molecular complexity index is 900. The minimum absolute atomic E-state index is 0.689. The van der Waals surface area contributed by atoms with Gasteiger partial charge in [-0.1, -0.05) is 24.3 Å². The zero-order valence-electron chi connectivity index (χ0n) is 17.9. The molecule has 0 N–H and O–H groups in total. The van der Waals surface area contributed by atoms with Gasteiger partial charge in [0.25, 0.3) is 0 Å².